The van der Waals surface area contributed by atoms with E-state index in [0.717, 1.165) is 11.3 Å². The lowest BCUT2D eigenvalue weighted by atomic mass is 9.98. The third-order valence-corrected chi connectivity index (χ3v) is 2.70. The molecule has 0 aromatic heterocycles. The van der Waals surface area contributed by atoms with E-state index in [1.807, 2.05) is 26.0 Å². The van der Waals surface area contributed by atoms with Crippen LogP contribution in [0.2, 0.25) is 0 Å². The van der Waals surface area contributed by atoms with E-state index >= 15 is 0 Å². The van der Waals surface area contributed by atoms with Gasteiger partial charge in [-0.3, -0.25) is 4.79 Å². The fourth-order valence-corrected chi connectivity index (χ4v) is 1.83. The van der Waals surface area contributed by atoms with Crippen LogP contribution in [0, 0.1) is 6.92 Å². The molecular formula is C14H22N2O. The van der Waals surface area contributed by atoms with Crippen LogP contribution in [0.5, 0.6) is 0 Å². The minimum absolute atomic E-state index is 0.0174. The van der Waals surface area contributed by atoms with Gasteiger partial charge in [-0.1, -0.05) is 32.0 Å². The molecule has 1 atom stereocenters. The van der Waals surface area contributed by atoms with E-state index in [0.29, 0.717) is 12.3 Å². The van der Waals surface area contributed by atoms with Crippen molar-refractivity contribution in [2.75, 3.05) is 5.32 Å². The molecule has 0 aliphatic heterocycles. The molecule has 0 radical (unpaired) electrons. The Morgan fingerprint density at radius 3 is 2.53 bits per heavy atom. The zero-order chi connectivity index (χ0) is 13.0. The molecule has 1 unspecified atom stereocenters. The number of rotatable bonds is 4. The van der Waals surface area contributed by atoms with E-state index in [4.69, 9.17) is 5.73 Å². The maximum atomic E-state index is 11.8. The van der Waals surface area contributed by atoms with Gasteiger partial charge < -0.3 is 11.1 Å². The van der Waals surface area contributed by atoms with Gasteiger partial charge >= 0.3 is 0 Å². The molecule has 1 aromatic carbocycles. The zero-order valence-corrected chi connectivity index (χ0v) is 11.1. The summed E-state index contributed by atoms with van der Waals surface area (Å²) in [6.45, 7) is 8.08. The standard InChI is InChI=1S/C14H22N2O/c1-9(2)12-7-5-6-10(3)14(12)16-13(17)8-11(4)15/h5-7,9,11H,8,15H2,1-4H3,(H,16,17). The van der Waals surface area contributed by atoms with Crippen molar-refractivity contribution in [3.05, 3.63) is 29.3 Å². The highest BCUT2D eigenvalue weighted by Gasteiger charge is 2.12. The number of nitrogens with one attached hydrogen (secondary N) is 1. The van der Waals surface area contributed by atoms with Crippen LogP contribution in [-0.2, 0) is 4.79 Å². The second-order valence-electron chi connectivity index (χ2n) is 4.92. The van der Waals surface area contributed by atoms with E-state index in [1.165, 1.54) is 5.56 Å². The molecule has 0 saturated heterocycles. The van der Waals surface area contributed by atoms with Gasteiger partial charge in [0.25, 0.3) is 0 Å². The molecule has 0 aliphatic rings. The molecule has 1 amide bonds. The summed E-state index contributed by atoms with van der Waals surface area (Å²) in [6, 6.07) is 5.97. The monoisotopic (exact) mass is 234 g/mol. The Bertz CT molecular complexity index is 397. The Morgan fingerprint density at radius 1 is 1.35 bits per heavy atom. The third kappa shape index (κ3) is 3.86. The number of amides is 1. The summed E-state index contributed by atoms with van der Waals surface area (Å²) in [5.41, 5.74) is 8.82. The molecule has 0 spiro atoms. The lowest BCUT2D eigenvalue weighted by Gasteiger charge is -2.16. The number of hydrogen-bond donors (Lipinski definition) is 2. The third-order valence-electron chi connectivity index (χ3n) is 2.70. The van der Waals surface area contributed by atoms with Crippen LogP contribution in [0.1, 0.15) is 44.2 Å². The van der Waals surface area contributed by atoms with Gasteiger partial charge in [0.05, 0.1) is 0 Å². The topological polar surface area (TPSA) is 55.1 Å². The molecule has 94 valence electrons. The summed E-state index contributed by atoms with van der Waals surface area (Å²) >= 11 is 0. The summed E-state index contributed by atoms with van der Waals surface area (Å²) in [5, 5.41) is 2.97. The van der Waals surface area contributed by atoms with Crippen molar-refractivity contribution in [3.8, 4) is 0 Å². The average molecular weight is 234 g/mol. The summed E-state index contributed by atoms with van der Waals surface area (Å²) in [7, 11) is 0. The molecule has 1 rings (SSSR count). The van der Waals surface area contributed by atoms with Crippen LogP contribution in [0.15, 0.2) is 18.2 Å². The Labute approximate surface area is 103 Å². The van der Waals surface area contributed by atoms with Gasteiger partial charge in [-0.15, -0.1) is 0 Å². The van der Waals surface area contributed by atoms with Crippen LogP contribution >= 0.6 is 0 Å². The van der Waals surface area contributed by atoms with Crippen LogP contribution < -0.4 is 11.1 Å². The van der Waals surface area contributed by atoms with Gasteiger partial charge in [0.2, 0.25) is 5.91 Å². The average Bonchev–Trinajstić information content (AvgIpc) is 2.19. The number of carbonyl (C=O) groups excluding carboxylic acids is 1. The number of para-hydroxylation sites is 1. The second-order valence-corrected chi connectivity index (χ2v) is 4.92. The van der Waals surface area contributed by atoms with Gasteiger partial charge in [-0.2, -0.15) is 0 Å². The molecule has 0 heterocycles. The second kappa shape index (κ2) is 5.82. The van der Waals surface area contributed by atoms with Crippen molar-refractivity contribution in [1.82, 2.24) is 0 Å². The van der Waals surface area contributed by atoms with E-state index in [9.17, 15) is 4.79 Å². The first-order chi connectivity index (χ1) is 7.91. The Morgan fingerprint density at radius 2 is 2.00 bits per heavy atom. The Hall–Kier alpha value is -1.35. The van der Waals surface area contributed by atoms with Crippen LogP contribution in [0.3, 0.4) is 0 Å². The van der Waals surface area contributed by atoms with E-state index in [2.05, 4.69) is 25.2 Å². The van der Waals surface area contributed by atoms with Gasteiger partial charge in [-0.05, 0) is 30.9 Å². The van der Waals surface area contributed by atoms with Crippen LogP contribution in [-0.4, -0.2) is 11.9 Å². The van der Waals surface area contributed by atoms with Gasteiger partial charge in [0.15, 0.2) is 0 Å². The van der Waals surface area contributed by atoms with E-state index in [-0.39, 0.29) is 11.9 Å². The fraction of sp³-hybridized carbons (Fsp3) is 0.500. The normalized spacial score (nSPS) is 12.6. The highest BCUT2D eigenvalue weighted by Crippen LogP contribution is 2.27. The zero-order valence-electron chi connectivity index (χ0n) is 11.1. The summed E-state index contributed by atoms with van der Waals surface area (Å²) < 4.78 is 0. The maximum absolute atomic E-state index is 11.8. The quantitative estimate of drug-likeness (QED) is 0.841. The minimum atomic E-state index is -0.110. The smallest absolute Gasteiger partial charge is 0.225 e. The molecular weight excluding hydrogens is 212 g/mol. The van der Waals surface area contributed by atoms with Crippen molar-refractivity contribution in [2.24, 2.45) is 5.73 Å². The Kier molecular flexibility index (Phi) is 4.70. The number of aryl methyl sites for hydroxylation is 1. The number of hydrogen-bond acceptors (Lipinski definition) is 2. The first kappa shape index (κ1) is 13.7. The summed E-state index contributed by atoms with van der Waals surface area (Å²) in [4.78, 5) is 11.8. The molecule has 0 bridgehead atoms. The SMILES string of the molecule is Cc1cccc(C(C)C)c1NC(=O)CC(C)N. The first-order valence-corrected chi connectivity index (χ1v) is 6.06. The van der Waals surface area contributed by atoms with Crippen molar-refractivity contribution < 1.29 is 4.79 Å². The maximum Gasteiger partial charge on any atom is 0.225 e. The van der Waals surface area contributed by atoms with Gasteiger partial charge in [-0.25, -0.2) is 0 Å². The molecule has 3 heteroatoms. The predicted octanol–water partition coefficient (Wildman–Crippen LogP) is 2.79. The molecule has 0 fully saturated rings. The fourth-order valence-electron chi connectivity index (χ4n) is 1.83. The van der Waals surface area contributed by atoms with E-state index in [1.54, 1.807) is 0 Å². The van der Waals surface area contributed by atoms with Crippen LogP contribution in [0.25, 0.3) is 0 Å². The highest BCUT2D eigenvalue weighted by molar-refractivity contribution is 5.92. The lowest BCUT2D eigenvalue weighted by molar-refractivity contribution is -0.116. The predicted molar refractivity (Wildman–Crippen MR) is 72.2 cm³/mol. The molecule has 1 aromatic rings. The molecule has 3 nitrogen and oxygen atoms in total. The van der Waals surface area contributed by atoms with Gasteiger partial charge in [0, 0.05) is 18.2 Å². The Balaban J connectivity index is 2.93. The summed E-state index contributed by atoms with van der Waals surface area (Å²) in [5.74, 6) is 0.372. The number of anilines is 1. The lowest BCUT2D eigenvalue weighted by Crippen LogP contribution is -2.24. The molecule has 0 saturated carbocycles. The summed E-state index contributed by atoms with van der Waals surface area (Å²) in [6.07, 6.45) is 0.353. The molecule has 3 N–H and O–H groups in total. The van der Waals surface area contributed by atoms with Crippen molar-refractivity contribution in [1.29, 1.82) is 0 Å². The van der Waals surface area contributed by atoms with Crippen LogP contribution in [0.4, 0.5) is 5.69 Å². The number of nitrogens with two attached hydrogens (primary N) is 1. The number of carbonyl (C=O) groups is 1. The first-order valence-electron chi connectivity index (χ1n) is 6.06. The highest BCUT2D eigenvalue weighted by atomic mass is 16.1. The van der Waals surface area contributed by atoms with E-state index < -0.39 is 0 Å². The molecule has 17 heavy (non-hydrogen) atoms. The largest absolute Gasteiger partial charge is 0.327 e. The van der Waals surface area contributed by atoms with Gasteiger partial charge in [0.1, 0.15) is 0 Å². The number of benzene rings is 1. The van der Waals surface area contributed by atoms with Crippen molar-refractivity contribution in [3.63, 3.8) is 0 Å². The van der Waals surface area contributed by atoms with Crippen molar-refractivity contribution in [2.45, 2.75) is 46.1 Å². The van der Waals surface area contributed by atoms with Crippen molar-refractivity contribution >= 4 is 11.6 Å². The minimum Gasteiger partial charge on any atom is -0.327 e. The molecule has 0 aliphatic carbocycles.